The summed E-state index contributed by atoms with van der Waals surface area (Å²) in [7, 11) is 1.76. The number of hydrogen-bond acceptors (Lipinski definition) is 3. The van der Waals surface area contributed by atoms with Gasteiger partial charge < -0.3 is 10.1 Å². The van der Waals surface area contributed by atoms with Crippen molar-refractivity contribution in [1.29, 1.82) is 0 Å². The Labute approximate surface area is 167 Å². The van der Waals surface area contributed by atoms with Gasteiger partial charge in [-0.25, -0.2) is 0 Å². The maximum Gasteiger partial charge on any atom is 0.269 e. The van der Waals surface area contributed by atoms with Crippen LogP contribution in [0.2, 0.25) is 0 Å². The number of halogens is 1. The Hall–Kier alpha value is -2.37. The zero-order chi connectivity index (χ0) is 20.2. The lowest BCUT2D eigenvalue weighted by Crippen LogP contribution is -2.25. The van der Waals surface area contributed by atoms with Gasteiger partial charge in [-0.1, -0.05) is 44.2 Å². The van der Waals surface area contributed by atoms with Crippen molar-refractivity contribution in [2.45, 2.75) is 58.4 Å². The van der Waals surface area contributed by atoms with Gasteiger partial charge in [-0.3, -0.25) is 13.9 Å². The Bertz CT molecular complexity index is 730. The first kappa shape index (κ1) is 21.9. The minimum atomic E-state index is -0.195. The van der Waals surface area contributed by atoms with E-state index in [0.717, 1.165) is 42.7 Å². The van der Waals surface area contributed by atoms with Crippen LogP contribution in [0.25, 0.3) is 0 Å². The predicted octanol–water partition coefficient (Wildman–Crippen LogP) is 4.74. The van der Waals surface area contributed by atoms with Crippen molar-refractivity contribution in [3.8, 4) is 5.75 Å². The summed E-state index contributed by atoms with van der Waals surface area (Å²) in [5, 5.41) is 7.12. The number of rotatable bonds is 13. The fraction of sp³-hybridized carbons (Fsp3) is 0.545. The second-order valence-corrected chi connectivity index (χ2v) is 7.14. The third-order valence-electron chi connectivity index (χ3n) is 4.63. The van der Waals surface area contributed by atoms with Gasteiger partial charge in [-0.05, 0) is 43.5 Å². The highest BCUT2D eigenvalue weighted by Crippen LogP contribution is 2.15. The van der Waals surface area contributed by atoms with Crippen molar-refractivity contribution in [3.05, 3.63) is 47.3 Å². The number of hydrogen-bond donors (Lipinski definition) is 1. The highest BCUT2D eigenvalue weighted by molar-refractivity contribution is 5.92. The maximum absolute atomic E-state index is 12.3. The molecule has 0 spiro atoms. The van der Waals surface area contributed by atoms with E-state index in [0.29, 0.717) is 25.3 Å². The predicted molar refractivity (Wildman–Crippen MR) is 109 cm³/mol. The van der Waals surface area contributed by atoms with E-state index in [4.69, 9.17) is 4.74 Å². The number of nitrogens with one attached hydrogen (secondary N) is 1. The minimum Gasteiger partial charge on any atom is -0.494 e. The average molecular weight is 390 g/mol. The van der Waals surface area contributed by atoms with E-state index < -0.39 is 0 Å². The Kier molecular flexibility index (Phi) is 9.52. The summed E-state index contributed by atoms with van der Waals surface area (Å²) < 4.78 is 19.4. The molecule has 0 fully saturated rings. The van der Waals surface area contributed by atoms with E-state index in [9.17, 15) is 9.18 Å². The quantitative estimate of drug-likeness (QED) is 0.504. The van der Waals surface area contributed by atoms with Gasteiger partial charge in [0.1, 0.15) is 11.4 Å². The van der Waals surface area contributed by atoms with E-state index in [1.165, 1.54) is 12.8 Å². The largest absolute Gasteiger partial charge is 0.494 e. The summed E-state index contributed by atoms with van der Waals surface area (Å²) in [4.78, 5) is 12.3. The lowest BCUT2D eigenvalue weighted by Gasteiger charge is -2.09. The minimum absolute atomic E-state index is 0.138. The van der Waals surface area contributed by atoms with Crippen LogP contribution in [0.15, 0.2) is 30.3 Å². The van der Waals surface area contributed by atoms with Gasteiger partial charge in [0.05, 0.1) is 19.0 Å². The second-order valence-electron chi connectivity index (χ2n) is 7.14. The molecule has 2 aromatic rings. The molecule has 0 bridgehead atoms. The van der Waals surface area contributed by atoms with Crippen LogP contribution in [0.5, 0.6) is 5.75 Å². The van der Waals surface area contributed by atoms with Gasteiger partial charge in [0.15, 0.2) is 0 Å². The Morgan fingerprint density at radius 3 is 2.50 bits per heavy atom. The Balaban J connectivity index is 1.66. The SMILES string of the molecule is Cc1cc(C(=O)NCc2cccc(OCCCCCCCCCF)c2)n(C)n1. The number of alkyl halides is 1. The molecule has 0 aliphatic carbocycles. The summed E-state index contributed by atoms with van der Waals surface area (Å²) in [6.45, 7) is 2.80. The Morgan fingerprint density at radius 2 is 1.82 bits per heavy atom. The second kappa shape index (κ2) is 12.2. The number of unbranched alkanes of at least 4 members (excludes halogenated alkanes) is 6. The summed E-state index contributed by atoms with van der Waals surface area (Å²) in [6, 6.07) is 9.59. The van der Waals surface area contributed by atoms with Crippen LogP contribution in [0.1, 0.15) is 66.7 Å². The van der Waals surface area contributed by atoms with Crippen LogP contribution >= 0.6 is 0 Å². The molecule has 1 N–H and O–H groups in total. The maximum atomic E-state index is 12.3. The third-order valence-corrected chi connectivity index (χ3v) is 4.63. The molecular formula is C22H32FN3O2. The molecule has 1 amide bonds. The topological polar surface area (TPSA) is 56.1 Å². The van der Waals surface area contributed by atoms with Crippen LogP contribution in [0.4, 0.5) is 4.39 Å². The van der Waals surface area contributed by atoms with E-state index in [-0.39, 0.29) is 12.6 Å². The van der Waals surface area contributed by atoms with Gasteiger partial charge in [-0.2, -0.15) is 5.10 Å². The molecule has 0 saturated heterocycles. The molecule has 0 aliphatic heterocycles. The number of ether oxygens (including phenoxy) is 1. The lowest BCUT2D eigenvalue weighted by atomic mass is 10.1. The van der Waals surface area contributed by atoms with E-state index in [2.05, 4.69) is 10.4 Å². The first-order valence-electron chi connectivity index (χ1n) is 10.2. The zero-order valence-electron chi connectivity index (χ0n) is 17.0. The van der Waals surface area contributed by atoms with E-state index in [1.54, 1.807) is 17.8 Å². The van der Waals surface area contributed by atoms with Crippen molar-refractivity contribution in [2.24, 2.45) is 7.05 Å². The third kappa shape index (κ3) is 7.71. The fourth-order valence-corrected chi connectivity index (χ4v) is 3.11. The first-order valence-corrected chi connectivity index (χ1v) is 10.2. The summed E-state index contributed by atoms with van der Waals surface area (Å²) in [5.74, 6) is 0.687. The number of aryl methyl sites for hydroxylation is 2. The average Bonchev–Trinajstić information content (AvgIpc) is 3.03. The van der Waals surface area contributed by atoms with E-state index >= 15 is 0 Å². The zero-order valence-corrected chi connectivity index (χ0v) is 17.0. The van der Waals surface area contributed by atoms with Crippen molar-refractivity contribution < 1.29 is 13.9 Å². The van der Waals surface area contributed by atoms with Crippen molar-refractivity contribution >= 4 is 5.91 Å². The number of carbonyl (C=O) groups is 1. The molecule has 154 valence electrons. The van der Waals surface area contributed by atoms with Crippen LogP contribution in [-0.4, -0.2) is 29.0 Å². The highest BCUT2D eigenvalue weighted by atomic mass is 19.1. The molecule has 0 saturated carbocycles. The molecule has 0 atom stereocenters. The molecule has 1 aromatic carbocycles. The van der Waals surface area contributed by atoms with Crippen LogP contribution in [0, 0.1) is 6.92 Å². The van der Waals surface area contributed by atoms with Gasteiger partial charge in [-0.15, -0.1) is 0 Å². The van der Waals surface area contributed by atoms with Gasteiger partial charge >= 0.3 is 0 Å². The van der Waals surface area contributed by atoms with Gasteiger partial charge in [0.2, 0.25) is 0 Å². The number of aromatic nitrogens is 2. The lowest BCUT2D eigenvalue weighted by molar-refractivity contribution is 0.0941. The van der Waals surface area contributed by atoms with Crippen molar-refractivity contribution in [3.63, 3.8) is 0 Å². The standard InChI is InChI=1S/C22H32FN3O2/c1-18-15-21(26(2)25-18)22(27)24-17-19-11-10-12-20(16-19)28-14-9-7-5-3-4-6-8-13-23/h10-12,15-16H,3-9,13-14,17H2,1-2H3,(H,24,27). The normalized spacial score (nSPS) is 10.8. The Morgan fingerprint density at radius 1 is 1.11 bits per heavy atom. The molecule has 1 aromatic heterocycles. The highest BCUT2D eigenvalue weighted by Gasteiger charge is 2.11. The molecule has 28 heavy (non-hydrogen) atoms. The molecule has 5 nitrogen and oxygen atoms in total. The fourth-order valence-electron chi connectivity index (χ4n) is 3.11. The molecule has 2 rings (SSSR count). The molecule has 0 unspecified atom stereocenters. The number of benzene rings is 1. The molecule has 6 heteroatoms. The van der Waals surface area contributed by atoms with Crippen LogP contribution in [0.3, 0.4) is 0 Å². The summed E-state index contributed by atoms with van der Waals surface area (Å²) >= 11 is 0. The number of carbonyl (C=O) groups excluding carboxylic acids is 1. The monoisotopic (exact) mass is 389 g/mol. The first-order chi connectivity index (χ1) is 13.6. The van der Waals surface area contributed by atoms with Crippen molar-refractivity contribution in [1.82, 2.24) is 15.1 Å². The number of nitrogens with zero attached hydrogens (tertiary/aromatic N) is 2. The van der Waals surface area contributed by atoms with Gasteiger partial charge in [0.25, 0.3) is 5.91 Å². The number of amides is 1. The molecule has 0 aliphatic rings. The molecule has 0 radical (unpaired) electrons. The smallest absolute Gasteiger partial charge is 0.269 e. The summed E-state index contributed by atoms with van der Waals surface area (Å²) in [5.41, 5.74) is 2.37. The van der Waals surface area contributed by atoms with Crippen LogP contribution < -0.4 is 10.1 Å². The summed E-state index contributed by atoms with van der Waals surface area (Å²) in [6.07, 6.45) is 7.31. The molecular weight excluding hydrogens is 357 g/mol. The molecule has 1 heterocycles. The van der Waals surface area contributed by atoms with Gasteiger partial charge in [0, 0.05) is 13.6 Å². The van der Waals surface area contributed by atoms with Crippen molar-refractivity contribution in [2.75, 3.05) is 13.3 Å². The van der Waals surface area contributed by atoms with E-state index in [1.807, 2.05) is 31.2 Å². The van der Waals surface area contributed by atoms with Crippen LogP contribution in [-0.2, 0) is 13.6 Å².